The van der Waals surface area contributed by atoms with E-state index in [1.165, 1.54) is 4.90 Å². The molecule has 0 bridgehead atoms. The molecule has 0 aromatic carbocycles. The van der Waals surface area contributed by atoms with Gasteiger partial charge in [-0.05, 0) is 32.3 Å². The molecule has 2 fully saturated rings. The number of ether oxygens (including phenoxy) is 1. The molecule has 7 heteroatoms. The summed E-state index contributed by atoms with van der Waals surface area (Å²) in [5.74, 6) is 0.676. The van der Waals surface area contributed by atoms with Crippen molar-refractivity contribution in [3.05, 3.63) is 23.7 Å². The van der Waals surface area contributed by atoms with Crippen LogP contribution in [0.4, 0.5) is 4.79 Å². The van der Waals surface area contributed by atoms with Gasteiger partial charge in [-0.1, -0.05) is 0 Å². The Morgan fingerprint density at radius 2 is 2.04 bits per heavy atom. The summed E-state index contributed by atoms with van der Waals surface area (Å²) in [6.07, 6.45) is 3.94. The van der Waals surface area contributed by atoms with Crippen LogP contribution in [0.1, 0.15) is 35.4 Å². The molecule has 0 unspecified atom stereocenters. The van der Waals surface area contributed by atoms with E-state index < -0.39 is 0 Å². The van der Waals surface area contributed by atoms with Crippen molar-refractivity contribution in [3.63, 3.8) is 0 Å². The third kappa shape index (κ3) is 3.26. The van der Waals surface area contributed by atoms with Crippen LogP contribution in [0.3, 0.4) is 0 Å². The van der Waals surface area contributed by atoms with E-state index in [4.69, 9.17) is 9.15 Å². The third-order valence-corrected chi connectivity index (χ3v) is 4.99. The molecule has 0 aliphatic carbocycles. The lowest BCUT2D eigenvalue weighted by Gasteiger charge is -2.38. The van der Waals surface area contributed by atoms with E-state index in [2.05, 4.69) is 5.32 Å². The number of piperidine rings is 1. The lowest BCUT2D eigenvalue weighted by atomic mass is 9.87. The van der Waals surface area contributed by atoms with Crippen LogP contribution in [0.25, 0.3) is 0 Å². The lowest BCUT2D eigenvalue weighted by Crippen LogP contribution is -2.47. The molecular formula is C17H25N3O4. The number of rotatable bonds is 2. The molecule has 24 heavy (non-hydrogen) atoms. The van der Waals surface area contributed by atoms with Gasteiger partial charge in [-0.25, -0.2) is 4.79 Å². The first-order valence-corrected chi connectivity index (χ1v) is 8.35. The predicted octanol–water partition coefficient (Wildman–Crippen LogP) is 1.62. The summed E-state index contributed by atoms with van der Waals surface area (Å²) >= 11 is 0. The molecule has 132 valence electrons. The first kappa shape index (κ1) is 16.8. The van der Waals surface area contributed by atoms with E-state index >= 15 is 0 Å². The number of carbonyl (C=O) groups excluding carboxylic acids is 2. The highest BCUT2D eigenvalue weighted by Gasteiger charge is 2.44. The minimum Gasteiger partial charge on any atom is -0.469 e. The maximum absolute atomic E-state index is 12.5. The summed E-state index contributed by atoms with van der Waals surface area (Å²) in [5.41, 5.74) is 0.418. The Bertz CT molecular complexity index is 617. The number of likely N-dealkylation sites (tertiary alicyclic amines) is 1. The van der Waals surface area contributed by atoms with Crippen molar-refractivity contribution in [1.29, 1.82) is 0 Å². The number of hydrogen-bond donors (Lipinski definition) is 1. The number of carbonyl (C=O) groups is 2. The molecule has 1 aromatic rings. The second-order valence-electron chi connectivity index (χ2n) is 6.92. The largest absolute Gasteiger partial charge is 0.469 e. The minimum atomic E-state index is -0.216. The smallest absolute Gasteiger partial charge is 0.317 e. The Morgan fingerprint density at radius 1 is 1.33 bits per heavy atom. The summed E-state index contributed by atoms with van der Waals surface area (Å²) in [4.78, 5) is 27.7. The molecular weight excluding hydrogens is 310 g/mol. The highest BCUT2D eigenvalue weighted by Crippen LogP contribution is 2.36. The summed E-state index contributed by atoms with van der Waals surface area (Å²) < 4.78 is 11.3. The van der Waals surface area contributed by atoms with Crippen LogP contribution in [-0.4, -0.2) is 67.2 Å². The SMILES string of the molecule is Cc1occc1C(=O)N1CCC2(CC1)C[C@H](NC(=O)N(C)C)CO2. The van der Waals surface area contributed by atoms with E-state index in [-0.39, 0.29) is 23.6 Å². The van der Waals surface area contributed by atoms with Gasteiger partial charge in [-0.15, -0.1) is 0 Å². The molecule has 2 aliphatic heterocycles. The van der Waals surface area contributed by atoms with Gasteiger partial charge in [0.1, 0.15) is 5.76 Å². The van der Waals surface area contributed by atoms with Crippen LogP contribution in [0.2, 0.25) is 0 Å². The van der Waals surface area contributed by atoms with E-state index in [0.29, 0.717) is 31.0 Å². The normalized spacial score (nSPS) is 22.6. The first-order valence-electron chi connectivity index (χ1n) is 8.35. The van der Waals surface area contributed by atoms with Crippen LogP contribution in [-0.2, 0) is 4.74 Å². The molecule has 1 aromatic heterocycles. The van der Waals surface area contributed by atoms with E-state index in [1.54, 1.807) is 33.3 Å². The molecule has 2 aliphatic rings. The van der Waals surface area contributed by atoms with Gasteiger partial charge in [0.2, 0.25) is 0 Å². The summed E-state index contributed by atoms with van der Waals surface area (Å²) in [7, 11) is 3.45. The average molecular weight is 335 g/mol. The predicted molar refractivity (Wildman–Crippen MR) is 87.9 cm³/mol. The fraction of sp³-hybridized carbons (Fsp3) is 0.647. The molecule has 0 radical (unpaired) electrons. The summed E-state index contributed by atoms with van der Waals surface area (Å²) in [5, 5.41) is 2.98. The molecule has 3 amide bonds. The molecule has 1 spiro atoms. The standard InChI is InChI=1S/C17H25N3O4/c1-12-14(4-9-23-12)15(21)20-7-5-17(6-8-20)10-13(11-24-17)18-16(22)19(2)3/h4,9,13H,5-8,10-11H2,1-3H3,(H,18,22)/t13-/m0/s1. The van der Waals surface area contributed by atoms with Crippen molar-refractivity contribution in [2.45, 2.75) is 37.8 Å². The van der Waals surface area contributed by atoms with Crippen molar-refractivity contribution in [1.82, 2.24) is 15.1 Å². The van der Waals surface area contributed by atoms with E-state index in [1.807, 2.05) is 4.90 Å². The molecule has 7 nitrogen and oxygen atoms in total. The van der Waals surface area contributed by atoms with Crippen molar-refractivity contribution >= 4 is 11.9 Å². The number of nitrogens with zero attached hydrogens (tertiary/aromatic N) is 2. The fourth-order valence-electron chi connectivity index (χ4n) is 3.48. The van der Waals surface area contributed by atoms with Gasteiger partial charge in [0, 0.05) is 27.2 Å². The second-order valence-corrected chi connectivity index (χ2v) is 6.92. The molecule has 3 rings (SSSR count). The van der Waals surface area contributed by atoms with Gasteiger partial charge < -0.3 is 24.3 Å². The van der Waals surface area contributed by atoms with Gasteiger partial charge in [-0.2, -0.15) is 0 Å². The van der Waals surface area contributed by atoms with Gasteiger partial charge in [0.25, 0.3) is 5.91 Å². The number of hydrogen-bond acceptors (Lipinski definition) is 4. The quantitative estimate of drug-likeness (QED) is 0.891. The van der Waals surface area contributed by atoms with E-state index in [9.17, 15) is 9.59 Å². The maximum atomic E-state index is 12.5. The number of amides is 3. The zero-order valence-electron chi connectivity index (χ0n) is 14.5. The summed E-state index contributed by atoms with van der Waals surface area (Å²) in [6.45, 7) is 3.67. The van der Waals surface area contributed by atoms with Crippen molar-refractivity contribution < 1.29 is 18.7 Å². The Labute approximate surface area is 141 Å². The number of urea groups is 1. The highest BCUT2D eigenvalue weighted by atomic mass is 16.5. The van der Waals surface area contributed by atoms with Crippen molar-refractivity contribution in [2.75, 3.05) is 33.8 Å². The van der Waals surface area contributed by atoms with Crippen LogP contribution in [0.5, 0.6) is 0 Å². The zero-order chi connectivity index (χ0) is 17.3. The minimum absolute atomic E-state index is 0.0200. The topological polar surface area (TPSA) is 75.0 Å². The molecule has 1 N–H and O–H groups in total. The number of aryl methyl sites for hydroxylation is 1. The van der Waals surface area contributed by atoms with Crippen LogP contribution in [0, 0.1) is 6.92 Å². The molecule has 0 saturated carbocycles. The highest BCUT2D eigenvalue weighted by molar-refractivity contribution is 5.95. The second kappa shape index (κ2) is 6.47. The Morgan fingerprint density at radius 3 is 2.62 bits per heavy atom. The Kier molecular flexibility index (Phi) is 4.54. The van der Waals surface area contributed by atoms with Crippen LogP contribution in [0.15, 0.2) is 16.7 Å². The molecule has 1 atom stereocenters. The van der Waals surface area contributed by atoms with Gasteiger partial charge >= 0.3 is 6.03 Å². The maximum Gasteiger partial charge on any atom is 0.317 e. The average Bonchev–Trinajstić information content (AvgIpc) is 3.14. The number of nitrogens with one attached hydrogen (secondary N) is 1. The zero-order valence-corrected chi connectivity index (χ0v) is 14.5. The van der Waals surface area contributed by atoms with Gasteiger partial charge in [0.05, 0.1) is 30.1 Å². The van der Waals surface area contributed by atoms with Crippen molar-refractivity contribution in [2.24, 2.45) is 0 Å². The van der Waals surface area contributed by atoms with Gasteiger partial charge in [0.15, 0.2) is 0 Å². The summed E-state index contributed by atoms with van der Waals surface area (Å²) in [6, 6.07) is 1.67. The molecule has 2 saturated heterocycles. The fourth-order valence-corrected chi connectivity index (χ4v) is 3.48. The van der Waals surface area contributed by atoms with E-state index in [0.717, 1.165) is 19.3 Å². The van der Waals surface area contributed by atoms with Gasteiger partial charge in [-0.3, -0.25) is 4.79 Å². The Balaban J connectivity index is 1.55. The third-order valence-electron chi connectivity index (χ3n) is 4.99. The number of furan rings is 1. The van der Waals surface area contributed by atoms with Crippen LogP contribution < -0.4 is 5.32 Å². The monoisotopic (exact) mass is 335 g/mol. The van der Waals surface area contributed by atoms with Crippen molar-refractivity contribution in [3.8, 4) is 0 Å². The Hall–Kier alpha value is -2.02. The van der Waals surface area contributed by atoms with Crippen LogP contribution >= 0.6 is 0 Å². The first-order chi connectivity index (χ1) is 11.4. The molecule has 3 heterocycles. The lowest BCUT2D eigenvalue weighted by molar-refractivity contribution is -0.0389.